The van der Waals surface area contributed by atoms with Gasteiger partial charge in [-0.2, -0.15) is 18.3 Å². The quantitative estimate of drug-likeness (QED) is 0.394. The average Bonchev–Trinajstić information content (AvgIpc) is 3.13. The average molecular weight is 464 g/mol. The second-order valence-electron chi connectivity index (χ2n) is 9.59. The number of carbonyl (C=O) groups excluding carboxylic acids is 1. The van der Waals surface area contributed by atoms with Gasteiger partial charge in [-0.3, -0.25) is 4.79 Å². The smallest absolute Gasteiger partial charge is 0.355 e. The molecule has 0 radical (unpaired) electrons. The second kappa shape index (κ2) is 9.53. The van der Waals surface area contributed by atoms with Gasteiger partial charge in [0.1, 0.15) is 12.2 Å². The van der Waals surface area contributed by atoms with Crippen molar-refractivity contribution in [3.8, 4) is 5.69 Å². The largest absolute Gasteiger partial charge is 0.397 e. The number of halogens is 4. The predicted octanol–water partition coefficient (Wildman–Crippen LogP) is 6.39. The minimum absolute atomic E-state index is 0.00209. The summed E-state index contributed by atoms with van der Waals surface area (Å²) in [6, 6.07) is 12.1. The number of benzene rings is 2. The Balaban J connectivity index is 1.87. The molecule has 0 saturated carbocycles. The van der Waals surface area contributed by atoms with E-state index < -0.39 is 23.9 Å². The summed E-state index contributed by atoms with van der Waals surface area (Å²) in [6.45, 7) is 8.24. The van der Waals surface area contributed by atoms with E-state index in [0.29, 0.717) is 5.92 Å². The highest BCUT2D eigenvalue weighted by Gasteiger charge is 2.35. The molecule has 1 amide bonds. The normalized spacial score (nSPS) is 13.5. The van der Waals surface area contributed by atoms with E-state index in [4.69, 9.17) is 0 Å². The van der Waals surface area contributed by atoms with Gasteiger partial charge >= 0.3 is 6.18 Å². The lowest BCUT2D eigenvalue weighted by atomic mass is 9.71. The van der Waals surface area contributed by atoms with Crippen molar-refractivity contribution >= 4 is 16.8 Å². The van der Waals surface area contributed by atoms with Gasteiger partial charge in [-0.05, 0) is 65.6 Å². The molecule has 1 N–H and O–H groups in total. The third kappa shape index (κ3) is 6.33. The molecule has 1 heterocycles. The van der Waals surface area contributed by atoms with Gasteiger partial charge in [-0.25, -0.2) is 9.07 Å². The number of fused-ring (bicyclic) bond motifs is 1. The standard InChI is InChI=1S/C25H29F4N3O/c1-16(2)11-21(24(3,4)15-30-23(33)13-25(27,28)29)17-5-10-22-18(12-17)14-31-32(22)20-8-6-19(26)7-9-20/h5-10,12,14,16,21H,11,13,15H2,1-4H3,(H,30,33)/t21-/m0/s1. The highest BCUT2D eigenvalue weighted by atomic mass is 19.4. The molecule has 0 saturated heterocycles. The van der Waals surface area contributed by atoms with Crippen LogP contribution in [0.2, 0.25) is 0 Å². The molecule has 1 aromatic heterocycles. The van der Waals surface area contributed by atoms with Gasteiger partial charge in [0.15, 0.2) is 0 Å². The molecular weight excluding hydrogens is 434 g/mol. The van der Waals surface area contributed by atoms with Gasteiger partial charge in [0.05, 0.1) is 17.4 Å². The second-order valence-corrected chi connectivity index (χ2v) is 9.59. The van der Waals surface area contributed by atoms with E-state index in [1.165, 1.54) is 12.1 Å². The molecule has 8 heteroatoms. The Morgan fingerprint density at radius 2 is 1.76 bits per heavy atom. The Morgan fingerprint density at radius 3 is 2.36 bits per heavy atom. The monoisotopic (exact) mass is 463 g/mol. The number of alkyl halides is 3. The zero-order chi connectivity index (χ0) is 24.4. The number of nitrogens with one attached hydrogen (secondary N) is 1. The summed E-state index contributed by atoms with van der Waals surface area (Å²) in [4.78, 5) is 11.8. The Bertz CT molecular complexity index is 1100. The first-order chi connectivity index (χ1) is 15.4. The highest BCUT2D eigenvalue weighted by Crippen LogP contribution is 2.41. The van der Waals surface area contributed by atoms with Gasteiger partial charge in [0, 0.05) is 11.9 Å². The van der Waals surface area contributed by atoms with E-state index in [2.05, 4.69) is 24.3 Å². The van der Waals surface area contributed by atoms with Crippen molar-refractivity contribution in [2.75, 3.05) is 6.54 Å². The van der Waals surface area contributed by atoms with Crippen LogP contribution in [0.15, 0.2) is 48.7 Å². The van der Waals surface area contributed by atoms with Gasteiger partial charge in [0.2, 0.25) is 5.91 Å². The molecule has 1 atom stereocenters. The summed E-state index contributed by atoms with van der Waals surface area (Å²) in [5, 5.41) is 7.81. The van der Waals surface area contributed by atoms with Crippen LogP contribution in [0.4, 0.5) is 17.6 Å². The minimum atomic E-state index is -4.53. The Morgan fingerprint density at radius 1 is 1.09 bits per heavy atom. The van der Waals surface area contributed by atoms with E-state index in [9.17, 15) is 22.4 Å². The topological polar surface area (TPSA) is 46.9 Å². The van der Waals surface area contributed by atoms with Crippen LogP contribution in [0.3, 0.4) is 0 Å². The summed E-state index contributed by atoms with van der Waals surface area (Å²) < 4.78 is 52.6. The zero-order valence-electron chi connectivity index (χ0n) is 19.2. The van der Waals surface area contributed by atoms with Crippen LogP contribution < -0.4 is 5.32 Å². The van der Waals surface area contributed by atoms with Gasteiger partial charge < -0.3 is 5.32 Å². The van der Waals surface area contributed by atoms with Crippen LogP contribution in [0.1, 0.15) is 52.0 Å². The summed E-state index contributed by atoms with van der Waals surface area (Å²) in [7, 11) is 0. The fraction of sp³-hybridized carbons (Fsp3) is 0.440. The molecule has 33 heavy (non-hydrogen) atoms. The SMILES string of the molecule is CC(C)C[C@@H](c1ccc2c(cnn2-c2ccc(F)cc2)c1)C(C)(C)CNC(=O)CC(F)(F)F. The number of amides is 1. The lowest BCUT2D eigenvalue weighted by molar-refractivity contribution is -0.154. The van der Waals surface area contributed by atoms with E-state index in [-0.39, 0.29) is 18.3 Å². The van der Waals surface area contributed by atoms with Crippen molar-refractivity contribution in [3.63, 3.8) is 0 Å². The first-order valence-electron chi connectivity index (χ1n) is 10.9. The summed E-state index contributed by atoms with van der Waals surface area (Å²) in [6.07, 6.45) is -3.46. The third-order valence-electron chi connectivity index (χ3n) is 5.82. The third-order valence-corrected chi connectivity index (χ3v) is 5.82. The molecule has 3 rings (SSSR count). The summed E-state index contributed by atoms with van der Waals surface area (Å²) in [5.41, 5.74) is 2.16. The molecule has 0 bridgehead atoms. The predicted molar refractivity (Wildman–Crippen MR) is 121 cm³/mol. The van der Waals surface area contributed by atoms with Crippen LogP contribution in [0.25, 0.3) is 16.6 Å². The molecule has 0 aliphatic rings. The van der Waals surface area contributed by atoms with Crippen molar-refractivity contribution in [3.05, 3.63) is 60.0 Å². The molecule has 0 fully saturated rings. The van der Waals surface area contributed by atoms with Crippen molar-refractivity contribution in [1.82, 2.24) is 15.1 Å². The highest BCUT2D eigenvalue weighted by molar-refractivity contribution is 5.81. The van der Waals surface area contributed by atoms with Gasteiger partial charge in [-0.1, -0.05) is 33.8 Å². The summed E-state index contributed by atoms with van der Waals surface area (Å²) in [5.74, 6) is -0.992. The number of rotatable bonds is 8. The maximum atomic E-state index is 13.3. The fourth-order valence-corrected chi connectivity index (χ4v) is 4.13. The number of hydrogen-bond donors (Lipinski definition) is 1. The maximum Gasteiger partial charge on any atom is 0.397 e. The van der Waals surface area contributed by atoms with Crippen LogP contribution >= 0.6 is 0 Å². The van der Waals surface area contributed by atoms with E-state index >= 15 is 0 Å². The Labute approximate surface area is 191 Å². The zero-order valence-corrected chi connectivity index (χ0v) is 19.2. The minimum Gasteiger partial charge on any atom is -0.355 e. The van der Waals surface area contributed by atoms with Crippen molar-refractivity contribution in [2.24, 2.45) is 11.3 Å². The van der Waals surface area contributed by atoms with Crippen LogP contribution in [0.5, 0.6) is 0 Å². The fourth-order valence-electron chi connectivity index (χ4n) is 4.13. The Kier molecular flexibility index (Phi) is 7.14. The number of hydrogen-bond acceptors (Lipinski definition) is 2. The van der Waals surface area contributed by atoms with Crippen molar-refractivity contribution < 1.29 is 22.4 Å². The van der Waals surface area contributed by atoms with Crippen molar-refractivity contribution in [1.29, 1.82) is 0 Å². The maximum absolute atomic E-state index is 13.3. The molecule has 4 nitrogen and oxygen atoms in total. The molecule has 3 aromatic rings. The lowest BCUT2D eigenvalue weighted by Gasteiger charge is -2.36. The first-order valence-corrected chi connectivity index (χ1v) is 10.9. The molecule has 178 valence electrons. The molecule has 0 aliphatic carbocycles. The first kappa shape index (κ1) is 24.7. The number of aromatic nitrogens is 2. The number of carbonyl (C=O) groups is 1. The summed E-state index contributed by atoms with van der Waals surface area (Å²) >= 11 is 0. The van der Waals surface area contributed by atoms with Crippen LogP contribution in [0, 0.1) is 17.2 Å². The molecule has 0 spiro atoms. The van der Waals surface area contributed by atoms with Crippen LogP contribution in [-0.2, 0) is 4.79 Å². The van der Waals surface area contributed by atoms with E-state index in [1.54, 1.807) is 23.0 Å². The lowest BCUT2D eigenvalue weighted by Crippen LogP contribution is -2.39. The molecule has 2 aromatic carbocycles. The molecular formula is C25H29F4N3O. The van der Waals surface area contributed by atoms with Gasteiger partial charge in [0.25, 0.3) is 0 Å². The molecule has 0 aliphatic heterocycles. The Hall–Kier alpha value is -2.90. The van der Waals surface area contributed by atoms with E-state index in [1.807, 2.05) is 32.0 Å². The van der Waals surface area contributed by atoms with Crippen LogP contribution in [-0.4, -0.2) is 28.4 Å². The van der Waals surface area contributed by atoms with Gasteiger partial charge in [-0.15, -0.1) is 0 Å². The number of nitrogens with zero attached hydrogens (tertiary/aromatic N) is 2. The molecule has 0 unspecified atom stereocenters. The van der Waals surface area contributed by atoms with Crippen molar-refractivity contribution in [2.45, 2.75) is 52.6 Å². The van der Waals surface area contributed by atoms with E-state index in [0.717, 1.165) is 28.6 Å².